The van der Waals surface area contributed by atoms with Crippen molar-refractivity contribution in [3.05, 3.63) is 34.4 Å². The number of fused-ring (bicyclic) bond motifs is 4. The summed E-state index contributed by atoms with van der Waals surface area (Å²) in [6, 6.07) is 4.48. The number of aromatic nitrogens is 2. The molecule has 4 aliphatic heterocycles. The van der Waals surface area contributed by atoms with Gasteiger partial charge >= 0.3 is 6.01 Å². The Bertz CT molecular complexity index is 1970. The van der Waals surface area contributed by atoms with Crippen LogP contribution in [0.5, 0.6) is 11.8 Å². The van der Waals surface area contributed by atoms with Gasteiger partial charge in [0, 0.05) is 37.6 Å². The van der Waals surface area contributed by atoms with E-state index in [2.05, 4.69) is 14.8 Å². The molecule has 0 amide bonds. The lowest BCUT2D eigenvalue weighted by molar-refractivity contribution is 0.0917. The minimum absolute atomic E-state index is 0.0379. The van der Waals surface area contributed by atoms with E-state index in [0.29, 0.717) is 30.7 Å². The number of alkyl halides is 1. The van der Waals surface area contributed by atoms with Gasteiger partial charge in [-0.3, -0.25) is 4.90 Å². The third-order valence-electron chi connectivity index (χ3n) is 10.4. The standard InChI is InChI=1S/C33H32ClF3N6O3S/c1-44-18-4-3-17-14-45-28-24-27(26(37)23(25(28)34)19-5-6-21(36)29-22(19)20(12-38)30(39)47-29)40-32(41-31(24)43(17)10-7-18)46-15-33-8-2-9-42(33)13-16(35)11-33/h5-6,16-18H,2-4,7-11,13-15,39H2,1H3/t16-,17?,18?,33+/m1/s1. The van der Waals surface area contributed by atoms with Crippen molar-refractivity contribution in [2.24, 2.45) is 0 Å². The number of ether oxygens (including phenoxy) is 3. The van der Waals surface area contributed by atoms with E-state index in [0.717, 1.165) is 50.0 Å². The summed E-state index contributed by atoms with van der Waals surface area (Å²) in [5, 5.41) is 10.5. The van der Waals surface area contributed by atoms with E-state index in [4.69, 9.17) is 36.5 Å². The first-order valence-corrected chi connectivity index (χ1v) is 17.0. The van der Waals surface area contributed by atoms with Crippen molar-refractivity contribution in [3.63, 3.8) is 0 Å². The average Bonchev–Trinajstić information content (AvgIpc) is 3.60. The molecule has 2 N–H and O–H groups in total. The van der Waals surface area contributed by atoms with E-state index < -0.39 is 23.3 Å². The van der Waals surface area contributed by atoms with E-state index in [9.17, 15) is 14.0 Å². The van der Waals surface area contributed by atoms with Gasteiger partial charge in [-0.05, 0) is 50.3 Å². The minimum Gasteiger partial charge on any atom is -0.489 e. The van der Waals surface area contributed by atoms with E-state index in [1.807, 2.05) is 6.07 Å². The normalized spacial score (nSPS) is 25.7. The van der Waals surface area contributed by atoms with Crippen molar-refractivity contribution in [1.82, 2.24) is 14.9 Å². The van der Waals surface area contributed by atoms with Gasteiger partial charge in [0.1, 0.15) is 47.6 Å². The molecule has 0 saturated carbocycles. The number of nitrogens with zero attached hydrogens (tertiary/aromatic N) is 5. The van der Waals surface area contributed by atoms with Crippen molar-refractivity contribution >= 4 is 54.7 Å². The minimum atomic E-state index is -0.938. The van der Waals surface area contributed by atoms with E-state index in [-0.39, 0.29) is 79.4 Å². The van der Waals surface area contributed by atoms with Crippen LogP contribution in [0.2, 0.25) is 5.02 Å². The Morgan fingerprint density at radius 2 is 2.06 bits per heavy atom. The van der Waals surface area contributed by atoms with Gasteiger partial charge in [-0.15, -0.1) is 11.3 Å². The van der Waals surface area contributed by atoms with Gasteiger partial charge in [-0.25, -0.2) is 13.2 Å². The highest BCUT2D eigenvalue weighted by Crippen LogP contribution is 2.51. The van der Waals surface area contributed by atoms with E-state index in [1.165, 1.54) is 12.1 Å². The zero-order chi connectivity index (χ0) is 32.6. The molecule has 0 bridgehead atoms. The first-order chi connectivity index (χ1) is 22.7. The van der Waals surface area contributed by atoms with Crippen LogP contribution in [0.15, 0.2) is 12.1 Å². The summed E-state index contributed by atoms with van der Waals surface area (Å²) in [4.78, 5) is 13.7. The molecule has 2 aromatic carbocycles. The van der Waals surface area contributed by atoms with E-state index in [1.54, 1.807) is 7.11 Å². The summed E-state index contributed by atoms with van der Waals surface area (Å²) in [6.07, 6.45) is 3.45. The number of thiophene rings is 1. The molecule has 3 fully saturated rings. The molecule has 14 heteroatoms. The van der Waals surface area contributed by atoms with Gasteiger partial charge in [0.15, 0.2) is 11.6 Å². The number of benzene rings is 2. The van der Waals surface area contributed by atoms with Crippen LogP contribution in [0.4, 0.5) is 24.0 Å². The third kappa shape index (κ3) is 4.78. The second kappa shape index (κ2) is 11.5. The van der Waals surface area contributed by atoms with Crippen LogP contribution in [0.1, 0.15) is 44.1 Å². The maximum Gasteiger partial charge on any atom is 0.319 e. The zero-order valence-electron chi connectivity index (χ0n) is 25.6. The van der Waals surface area contributed by atoms with Crippen LogP contribution in [0.25, 0.3) is 32.1 Å². The van der Waals surface area contributed by atoms with Gasteiger partial charge in [0.05, 0.1) is 38.4 Å². The largest absolute Gasteiger partial charge is 0.489 e. The fourth-order valence-corrected chi connectivity index (χ4v) is 9.33. The van der Waals surface area contributed by atoms with Gasteiger partial charge in [-0.1, -0.05) is 17.7 Å². The van der Waals surface area contributed by atoms with Gasteiger partial charge in [0.2, 0.25) is 0 Å². The van der Waals surface area contributed by atoms with Crippen LogP contribution in [-0.4, -0.2) is 78.7 Å². The van der Waals surface area contributed by atoms with Crippen molar-refractivity contribution in [2.75, 3.05) is 50.6 Å². The number of rotatable bonds is 5. The Balaban J connectivity index is 1.34. The van der Waals surface area contributed by atoms with Crippen LogP contribution in [-0.2, 0) is 4.74 Å². The monoisotopic (exact) mass is 684 g/mol. The molecule has 9 nitrogen and oxygen atoms in total. The van der Waals surface area contributed by atoms with Crippen LogP contribution >= 0.6 is 22.9 Å². The first-order valence-electron chi connectivity index (χ1n) is 15.8. The molecular formula is C33H32ClF3N6O3S. The molecule has 0 aliphatic carbocycles. The first kappa shape index (κ1) is 30.7. The fourth-order valence-electron chi connectivity index (χ4n) is 8.05. The zero-order valence-corrected chi connectivity index (χ0v) is 27.2. The number of halogens is 4. The number of anilines is 2. The molecule has 3 saturated heterocycles. The number of nitriles is 1. The fraction of sp³-hybridized carbons (Fsp3) is 0.485. The number of nitrogens with two attached hydrogens (primary N) is 1. The van der Waals surface area contributed by atoms with Crippen molar-refractivity contribution in [3.8, 4) is 29.0 Å². The summed E-state index contributed by atoms with van der Waals surface area (Å²) in [5.74, 6) is -0.740. The Morgan fingerprint density at radius 1 is 1.21 bits per heavy atom. The molecule has 4 aliphatic rings. The lowest BCUT2D eigenvalue weighted by Crippen LogP contribution is -2.43. The molecule has 4 aromatic rings. The maximum atomic E-state index is 17.2. The molecule has 2 unspecified atom stereocenters. The molecular weight excluding hydrogens is 653 g/mol. The van der Waals surface area contributed by atoms with E-state index >= 15 is 4.39 Å². The van der Waals surface area contributed by atoms with Crippen molar-refractivity contribution in [1.29, 1.82) is 5.26 Å². The second-order valence-corrected chi connectivity index (χ2v) is 14.3. The summed E-state index contributed by atoms with van der Waals surface area (Å²) in [6.45, 7) is 2.14. The number of hydrogen-bond acceptors (Lipinski definition) is 10. The highest BCUT2D eigenvalue weighted by molar-refractivity contribution is 7.23. The Labute approximate surface area is 278 Å². The molecule has 8 rings (SSSR count). The smallest absolute Gasteiger partial charge is 0.319 e. The van der Waals surface area contributed by atoms with Gasteiger partial charge in [-0.2, -0.15) is 15.2 Å². The molecule has 0 spiro atoms. The predicted octanol–water partition coefficient (Wildman–Crippen LogP) is 6.62. The summed E-state index contributed by atoms with van der Waals surface area (Å²) in [5.41, 5.74) is 5.70. The quantitative estimate of drug-likeness (QED) is 0.248. The van der Waals surface area contributed by atoms with Crippen LogP contribution in [0, 0.1) is 23.0 Å². The molecule has 6 heterocycles. The highest BCUT2D eigenvalue weighted by atomic mass is 35.5. The van der Waals surface area contributed by atoms with Crippen LogP contribution in [0.3, 0.4) is 0 Å². The maximum absolute atomic E-state index is 17.2. The average molecular weight is 685 g/mol. The Kier molecular flexibility index (Phi) is 7.55. The van der Waals surface area contributed by atoms with Gasteiger partial charge < -0.3 is 24.8 Å². The predicted molar refractivity (Wildman–Crippen MR) is 174 cm³/mol. The SMILES string of the molecule is COC1CCC2COc3c(Cl)c(-c4ccc(F)c5sc(N)c(C#N)c45)c(F)c4nc(OC[C@@]56CCCN5C[C@H](F)C6)nc(c34)N2CC1. The second-order valence-electron chi connectivity index (χ2n) is 12.9. The van der Waals surface area contributed by atoms with Crippen molar-refractivity contribution < 1.29 is 27.4 Å². The number of hydrogen-bond donors (Lipinski definition) is 1. The summed E-state index contributed by atoms with van der Waals surface area (Å²) >= 11 is 7.97. The van der Waals surface area contributed by atoms with Crippen LogP contribution < -0.4 is 20.1 Å². The third-order valence-corrected chi connectivity index (χ3v) is 11.7. The summed E-state index contributed by atoms with van der Waals surface area (Å²) < 4.78 is 65.2. The number of methoxy groups -OCH3 is 1. The lowest BCUT2D eigenvalue weighted by atomic mass is 9.95. The highest BCUT2D eigenvalue weighted by Gasteiger charge is 2.49. The summed E-state index contributed by atoms with van der Waals surface area (Å²) in [7, 11) is 1.69. The molecule has 4 atom stereocenters. The molecule has 246 valence electrons. The van der Waals surface area contributed by atoms with Crippen molar-refractivity contribution in [2.45, 2.75) is 62.4 Å². The Morgan fingerprint density at radius 3 is 2.87 bits per heavy atom. The Hall–Kier alpha value is -3.57. The topological polar surface area (TPSA) is 110 Å². The molecule has 0 radical (unpaired) electrons. The lowest BCUT2D eigenvalue weighted by Gasteiger charge is -2.31. The number of nitrogen functional groups attached to an aromatic ring is 1. The molecule has 2 aromatic heterocycles. The molecule has 47 heavy (non-hydrogen) atoms. The van der Waals surface area contributed by atoms with Gasteiger partial charge in [0.25, 0.3) is 0 Å².